The van der Waals surface area contributed by atoms with Crippen molar-refractivity contribution in [2.75, 3.05) is 14.2 Å². The van der Waals surface area contributed by atoms with Crippen LogP contribution in [0.3, 0.4) is 0 Å². The zero-order valence-corrected chi connectivity index (χ0v) is 10.8. The van der Waals surface area contributed by atoms with Crippen molar-refractivity contribution < 1.29 is 4.74 Å². The first-order valence-corrected chi connectivity index (χ1v) is 5.97. The maximum absolute atomic E-state index is 5.14. The summed E-state index contributed by atoms with van der Waals surface area (Å²) in [5.74, 6) is 1.63. The summed E-state index contributed by atoms with van der Waals surface area (Å²) >= 11 is 0. The molecule has 2 unspecified atom stereocenters. The maximum Gasteiger partial charge on any atom is 0.118 e. The van der Waals surface area contributed by atoms with Crippen LogP contribution in [0.25, 0.3) is 0 Å². The standard InChI is InChI=1S/C14H23NO/c1-11(12(2)15-3)5-6-13-7-9-14(16-4)10-8-13/h7-12,15H,5-6H2,1-4H3. The van der Waals surface area contributed by atoms with Crippen LogP contribution >= 0.6 is 0 Å². The highest BCUT2D eigenvalue weighted by atomic mass is 16.5. The highest BCUT2D eigenvalue weighted by Crippen LogP contribution is 2.16. The van der Waals surface area contributed by atoms with Gasteiger partial charge in [0.25, 0.3) is 0 Å². The van der Waals surface area contributed by atoms with Gasteiger partial charge in [0, 0.05) is 6.04 Å². The molecule has 1 aromatic carbocycles. The molecular weight excluding hydrogens is 198 g/mol. The summed E-state index contributed by atoms with van der Waals surface area (Å²) < 4.78 is 5.14. The molecule has 16 heavy (non-hydrogen) atoms. The summed E-state index contributed by atoms with van der Waals surface area (Å²) in [5.41, 5.74) is 1.39. The van der Waals surface area contributed by atoms with E-state index in [1.54, 1.807) is 7.11 Å². The lowest BCUT2D eigenvalue weighted by atomic mass is 9.95. The van der Waals surface area contributed by atoms with Gasteiger partial charge in [-0.3, -0.25) is 0 Å². The van der Waals surface area contributed by atoms with Gasteiger partial charge >= 0.3 is 0 Å². The second kappa shape index (κ2) is 6.54. The van der Waals surface area contributed by atoms with E-state index in [4.69, 9.17) is 4.74 Å². The van der Waals surface area contributed by atoms with E-state index in [2.05, 4.69) is 31.3 Å². The van der Waals surface area contributed by atoms with E-state index in [1.807, 2.05) is 19.2 Å². The van der Waals surface area contributed by atoms with E-state index >= 15 is 0 Å². The van der Waals surface area contributed by atoms with Crippen molar-refractivity contribution in [1.29, 1.82) is 0 Å². The molecule has 1 aromatic rings. The molecule has 0 heterocycles. The highest BCUT2D eigenvalue weighted by molar-refractivity contribution is 5.27. The quantitative estimate of drug-likeness (QED) is 0.797. The molecular formula is C14H23NO. The minimum absolute atomic E-state index is 0.582. The Morgan fingerprint density at radius 3 is 2.31 bits per heavy atom. The minimum atomic E-state index is 0.582. The predicted octanol–water partition coefficient (Wildman–Crippen LogP) is 2.87. The number of rotatable bonds is 6. The van der Waals surface area contributed by atoms with Gasteiger partial charge in [-0.2, -0.15) is 0 Å². The van der Waals surface area contributed by atoms with Gasteiger partial charge in [-0.05, 0) is 50.4 Å². The Balaban J connectivity index is 2.42. The van der Waals surface area contributed by atoms with Crippen LogP contribution < -0.4 is 10.1 Å². The van der Waals surface area contributed by atoms with Gasteiger partial charge in [-0.1, -0.05) is 19.1 Å². The molecule has 0 spiro atoms. The summed E-state index contributed by atoms with van der Waals surface area (Å²) in [7, 11) is 3.72. The molecule has 0 amide bonds. The van der Waals surface area contributed by atoms with E-state index in [1.165, 1.54) is 12.0 Å². The monoisotopic (exact) mass is 221 g/mol. The Hall–Kier alpha value is -1.02. The predicted molar refractivity (Wildman–Crippen MR) is 69.0 cm³/mol. The minimum Gasteiger partial charge on any atom is -0.497 e. The molecule has 1 rings (SSSR count). The highest BCUT2D eigenvalue weighted by Gasteiger charge is 2.09. The van der Waals surface area contributed by atoms with E-state index in [0.717, 1.165) is 12.2 Å². The van der Waals surface area contributed by atoms with Crippen molar-refractivity contribution in [2.24, 2.45) is 5.92 Å². The van der Waals surface area contributed by atoms with Crippen LogP contribution in [-0.2, 0) is 6.42 Å². The normalized spacial score (nSPS) is 14.5. The molecule has 2 nitrogen and oxygen atoms in total. The first-order chi connectivity index (χ1) is 7.67. The second-order valence-corrected chi connectivity index (χ2v) is 4.44. The molecule has 1 N–H and O–H groups in total. The van der Waals surface area contributed by atoms with Gasteiger partial charge < -0.3 is 10.1 Å². The van der Waals surface area contributed by atoms with Crippen molar-refractivity contribution in [2.45, 2.75) is 32.7 Å². The number of hydrogen-bond acceptors (Lipinski definition) is 2. The number of aryl methyl sites for hydroxylation is 1. The van der Waals surface area contributed by atoms with E-state index in [0.29, 0.717) is 12.0 Å². The van der Waals surface area contributed by atoms with Gasteiger partial charge in [0.15, 0.2) is 0 Å². The summed E-state index contributed by atoms with van der Waals surface area (Å²) in [6.07, 6.45) is 2.35. The molecule has 0 aliphatic rings. The Labute approximate surface area is 99.0 Å². The largest absolute Gasteiger partial charge is 0.497 e. The van der Waals surface area contributed by atoms with Crippen molar-refractivity contribution in [1.82, 2.24) is 5.32 Å². The van der Waals surface area contributed by atoms with Crippen LogP contribution in [0.2, 0.25) is 0 Å². The summed E-state index contributed by atoms with van der Waals surface area (Å²) in [4.78, 5) is 0. The summed E-state index contributed by atoms with van der Waals surface area (Å²) in [6, 6.07) is 8.94. The molecule has 90 valence electrons. The van der Waals surface area contributed by atoms with Gasteiger partial charge in [-0.15, -0.1) is 0 Å². The van der Waals surface area contributed by atoms with Crippen LogP contribution in [0, 0.1) is 5.92 Å². The second-order valence-electron chi connectivity index (χ2n) is 4.44. The zero-order chi connectivity index (χ0) is 12.0. The average molecular weight is 221 g/mol. The van der Waals surface area contributed by atoms with Gasteiger partial charge in [0.1, 0.15) is 5.75 Å². The van der Waals surface area contributed by atoms with Crippen LogP contribution in [-0.4, -0.2) is 20.2 Å². The lowest BCUT2D eigenvalue weighted by Crippen LogP contribution is -2.28. The smallest absolute Gasteiger partial charge is 0.118 e. The topological polar surface area (TPSA) is 21.3 Å². The molecule has 0 radical (unpaired) electrons. The molecule has 2 atom stereocenters. The molecule has 0 aliphatic carbocycles. The van der Waals surface area contributed by atoms with E-state index in [-0.39, 0.29) is 0 Å². The summed E-state index contributed by atoms with van der Waals surface area (Å²) in [6.45, 7) is 4.53. The third-order valence-electron chi connectivity index (χ3n) is 3.36. The third-order valence-corrected chi connectivity index (χ3v) is 3.36. The SMILES string of the molecule is CNC(C)C(C)CCc1ccc(OC)cc1. The number of hydrogen-bond donors (Lipinski definition) is 1. The zero-order valence-electron chi connectivity index (χ0n) is 10.8. The van der Waals surface area contributed by atoms with Crippen molar-refractivity contribution in [3.05, 3.63) is 29.8 Å². The lowest BCUT2D eigenvalue weighted by Gasteiger charge is -2.19. The number of benzene rings is 1. The van der Waals surface area contributed by atoms with Crippen molar-refractivity contribution in [3.8, 4) is 5.75 Å². The van der Waals surface area contributed by atoms with Gasteiger partial charge in [-0.25, -0.2) is 0 Å². The van der Waals surface area contributed by atoms with E-state index in [9.17, 15) is 0 Å². The van der Waals surface area contributed by atoms with Crippen molar-refractivity contribution >= 4 is 0 Å². The maximum atomic E-state index is 5.14. The Morgan fingerprint density at radius 1 is 1.19 bits per heavy atom. The van der Waals surface area contributed by atoms with Crippen molar-refractivity contribution in [3.63, 3.8) is 0 Å². The fourth-order valence-electron chi connectivity index (χ4n) is 1.72. The molecule has 0 saturated heterocycles. The molecule has 2 heteroatoms. The van der Waals surface area contributed by atoms with Gasteiger partial charge in [0.2, 0.25) is 0 Å². The third kappa shape index (κ3) is 3.86. The molecule has 0 aliphatic heterocycles. The van der Waals surface area contributed by atoms with Crippen LogP contribution in [0.1, 0.15) is 25.8 Å². The molecule has 0 bridgehead atoms. The van der Waals surface area contributed by atoms with Crippen LogP contribution in [0.15, 0.2) is 24.3 Å². The van der Waals surface area contributed by atoms with Crippen LogP contribution in [0.4, 0.5) is 0 Å². The first kappa shape index (κ1) is 13.0. The number of methoxy groups -OCH3 is 1. The number of nitrogens with one attached hydrogen (secondary N) is 1. The first-order valence-electron chi connectivity index (χ1n) is 5.97. The summed E-state index contributed by atoms with van der Waals surface area (Å²) in [5, 5.41) is 3.30. The lowest BCUT2D eigenvalue weighted by molar-refractivity contribution is 0.400. The Kier molecular flexibility index (Phi) is 5.33. The molecule has 0 aromatic heterocycles. The van der Waals surface area contributed by atoms with Gasteiger partial charge in [0.05, 0.1) is 7.11 Å². The number of ether oxygens (including phenoxy) is 1. The van der Waals surface area contributed by atoms with Crippen LogP contribution in [0.5, 0.6) is 5.75 Å². The molecule has 0 saturated carbocycles. The fourth-order valence-corrected chi connectivity index (χ4v) is 1.72. The molecule has 0 fully saturated rings. The Morgan fingerprint density at radius 2 is 1.81 bits per heavy atom. The fraction of sp³-hybridized carbons (Fsp3) is 0.571. The Bertz CT molecular complexity index is 294. The van der Waals surface area contributed by atoms with E-state index < -0.39 is 0 Å². The average Bonchev–Trinajstić information content (AvgIpc) is 2.35.